The fourth-order valence-electron chi connectivity index (χ4n) is 2.90. The van der Waals surface area contributed by atoms with Crippen molar-refractivity contribution < 1.29 is 0 Å². The van der Waals surface area contributed by atoms with Crippen LogP contribution in [0.15, 0.2) is 59.5 Å². The fraction of sp³-hybridized carbons (Fsp3) is 0.368. The van der Waals surface area contributed by atoms with Gasteiger partial charge < -0.3 is 5.32 Å². The van der Waals surface area contributed by atoms with Crippen molar-refractivity contribution in [2.24, 2.45) is 0 Å². The smallest absolute Gasteiger partial charge is 0.0260 e. The minimum absolute atomic E-state index is 0.178. The molecule has 1 nitrogen and oxygen atoms in total. The summed E-state index contributed by atoms with van der Waals surface area (Å²) in [5, 5.41) is 4.36. The summed E-state index contributed by atoms with van der Waals surface area (Å²) >= 11 is 2.02. The van der Waals surface area contributed by atoms with Gasteiger partial charge in [0, 0.05) is 28.6 Å². The van der Waals surface area contributed by atoms with Gasteiger partial charge in [-0.05, 0) is 23.6 Å². The van der Waals surface area contributed by atoms with Crippen molar-refractivity contribution in [3.63, 3.8) is 0 Å². The lowest BCUT2D eigenvalue weighted by molar-refractivity contribution is 0.469. The van der Waals surface area contributed by atoms with Gasteiger partial charge in [0.25, 0.3) is 0 Å². The lowest BCUT2D eigenvalue weighted by atomic mass is 9.84. The van der Waals surface area contributed by atoms with E-state index in [1.807, 2.05) is 11.8 Å². The van der Waals surface area contributed by atoms with E-state index in [2.05, 4.69) is 73.8 Å². The highest BCUT2D eigenvalue weighted by Crippen LogP contribution is 2.36. The molecule has 1 N–H and O–H groups in total. The second-order valence-corrected chi connectivity index (χ2v) is 7.77. The number of hydrogen-bond acceptors (Lipinski definition) is 2. The lowest BCUT2D eigenvalue weighted by Crippen LogP contribution is -2.36. The molecule has 3 rings (SSSR count). The highest BCUT2D eigenvalue weighted by atomic mass is 32.2. The first-order chi connectivity index (χ1) is 10.1. The Morgan fingerprint density at radius 2 is 1.76 bits per heavy atom. The van der Waals surface area contributed by atoms with Gasteiger partial charge in [0.05, 0.1) is 0 Å². The maximum Gasteiger partial charge on any atom is 0.0260 e. The van der Waals surface area contributed by atoms with Gasteiger partial charge in [-0.3, -0.25) is 0 Å². The van der Waals surface area contributed by atoms with Crippen molar-refractivity contribution in [3.8, 4) is 0 Å². The van der Waals surface area contributed by atoms with Crippen LogP contribution in [0, 0.1) is 0 Å². The molecule has 0 fully saturated rings. The van der Waals surface area contributed by atoms with Crippen LogP contribution in [0.3, 0.4) is 0 Å². The predicted octanol–water partition coefficient (Wildman–Crippen LogP) is 4.27. The van der Waals surface area contributed by atoms with Crippen LogP contribution in [0.1, 0.15) is 25.0 Å². The Kier molecular flexibility index (Phi) is 4.37. The lowest BCUT2D eigenvalue weighted by Gasteiger charge is -2.26. The van der Waals surface area contributed by atoms with Crippen molar-refractivity contribution in [2.75, 3.05) is 13.1 Å². The summed E-state index contributed by atoms with van der Waals surface area (Å²) in [5.74, 6) is 0. The Balaban J connectivity index is 1.51. The minimum Gasteiger partial charge on any atom is -0.315 e. The third-order valence-electron chi connectivity index (χ3n) is 4.21. The van der Waals surface area contributed by atoms with Gasteiger partial charge in [-0.2, -0.15) is 0 Å². The van der Waals surface area contributed by atoms with Crippen molar-refractivity contribution >= 4 is 11.8 Å². The maximum absolute atomic E-state index is 3.68. The molecule has 0 bridgehead atoms. The number of fused-ring (bicyclic) bond motifs is 1. The van der Waals surface area contributed by atoms with Gasteiger partial charge in [-0.15, -0.1) is 11.8 Å². The second-order valence-electron chi connectivity index (χ2n) is 6.43. The molecule has 110 valence electrons. The molecule has 0 radical (unpaired) electrons. The molecule has 1 unspecified atom stereocenters. The Morgan fingerprint density at radius 1 is 1.05 bits per heavy atom. The SMILES string of the molecule is CC(C)(CNCC1Cc2ccccc2S1)c1ccccc1. The summed E-state index contributed by atoms with van der Waals surface area (Å²) in [5.41, 5.74) is 3.09. The van der Waals surface area contributed by atoms with Crippen molar-refractivity contribution in [3.05, 3.63) is 65.7 Å². The number of hydrogen-bond donors (Lipinski definition) is 1. The Morgan fingerprint density at radius 3 is 2.52 bits per heavy atom. The van der Waals surface area contributed by atoms with Gasteiger partial charge >= 0.3 is 0 Å². The molecule has 1 aliphatic heterocycles. The van der Waals surface area contributed by atoms with Gasteiger partial charge in [0.1, 0.15) is 0 Å². The molecule has 0 spiro atoms. The Hall–Kier alpha value is -1.25. The quantitative estimate of drug-likeness (QED) is 0.884. The molecule has 2 heteroatoms. The van der Waals surface area contributed by atoms with Crippen LogP contribution < -0.4 is 5.32 Å². The fourth-order valence-corrected chi connectivity index (χ4v) is 4.19. The summed E-state index contributed by atoms with van der Waals surface area (Å²) in [4.78, 5) is 1.46. The highest BCUT2D eigenvalue weighted by Gasteiger charge is 2.24. The van der Waals surface area contributed by atoms with E-state index in [1.54, 1.807) is 0 Å². The van der Waals surface area contributed by atoms with Crippen molar-refractivity contribution in [1.82, 2.24) is 5.32 Å². The van der Waals surface area contributed by atoms with Crippen LogP contribution in [0.2, 0.25) is 0 Å². The first-order valence-electron chi connectivity index (χ1n) is 7.66. The standard InChI is InChI=1S/C19H23NS/c1-19(2,16-9-4-3-5-10-16)14-20-13-17-12-15-8-6-7-11-18(15)21-17/h3-11,17,20H,12-14H2,1-2H3. The Labute approximate surface area is 132 Å². The van der Waals surface area contributed by atoms with E-state index in [9.17, 15) is 0 Å². The molecular formula is C19H23NS. The highest BCUT2D eigenvalue weighted by molar-refractivity contribution is 8.00. The molecule has 1 atom stereocenters. The molecule has 0 saturated carbocycles. The third-order valence-corrected chi connectivity index (χ3v) is 5.53. The number of rotatable bonds is 5. The summed E-state index contributed by atoms with van der Waals surface area (Å²) in [7, 11) is 0. The Bertz CT molecular complexity index is 567. The summed E-state index contributed by atoms with van der Waals surface area (Å²) in [6.45, 7) is 6.72. The zero-order valence-electron chi connectivity index (χ0n) is 12.8. The van der Waals surface area contributed by atoms with Crippen molar-refractivity contribution in [1.29, 1.82) is 0 Å². The van der Waals surface area contributed by atoms with Crippen molar-refractivity contribution in [2.45, 2.75) is 35.8 Å². The molecule has 1 aliphatic rings. The first kappa shape index (κ1) is 14.7. The zero-order chi connectivity index (χ0) is 14.7. The largest absolute Gasteiger partial charge is 0.315 e. The van der Waals surface area contributed by atoms with E-state index >= 15 is 0 Å². The van der Waals surface area contributed by atoms with Gasteiger partial charge in [-0.25, -0.2) is 0 Å². The molecular weight excluding hydrogens is 274 g/mol. The first-order valence-corrected chi connectivity index (χ1v) is 8.54. The van der Waals surface area contributed by atoms with E-state index in [0.29, 0.717) is 5.25 Å². The molecule has 0 aromatic heterocycles. The van der Waals surface area contributed by atoms with Gasteiger partial charge in [0.2, 0.25) is 0 Å². The number of thioether (sulfide) groups is 1. The maximum atomic E-state index is 3.68. The summed E-state index contributed by atoms with van der Waals surface area (Å²) < 4.78 is 0. The van der Waals surface area contributed by atoms with E-state index in [0.717, 1.165) is 13.1 Å². The topological polar surface area (TPSA) is 12.0 Å². The molecule has 21 heavy (non-hydrogen) atoms. The average Bonchev–Trinajstić information content (AvgIpc) is 2.90. The monoisotopic (exact) mass is 297 g/mol. The van der Waals surface area contributed by atoms with E-state index in [4.69, 9.17) is 0 Å². The molecule has 0 amide bonds. The van der Waals surface area contributed by atoms with E-state index in [-0.39, 0.29) is 5.41 Å². The minimum atomic E-state index is 0.178. The van der Waals surface area contributed by atoms with E-state index < -0.39 is 0 Å². The molecule has 2 aromatic carbocycles. The molecule has 0 saturated heterocycles. The van der Waals surface area contributed by atoms with Crippen LogP contribution in [-0.4, -0.2) is 18.3 Å². The van der Waals surface area contributed by atoms with Crippen LogP contribution in [0.5, 0.6) is 0 Å². The van der Waals surface area contributed by atoms with Crippen LogP contribution in [-0.2, 0) is 11.8 Å². The van der Waals surface area contributed by atoms with Crippen LogP contribution >= 0.6 is 11.8 Å². The molecule has 2 aromatic rings. The van der Waals surface area contributed by atoms with Crippen LogP contribution in [0.4, 0.5) is 0 Å². The predicted molar refractivity (Wildman–Crippen MR) is 92.1 cm³/mol. The zero-order valence-corrected chi connectivity index (χ0v) is 13.6. The van der Waals surface area contributed by atoms with Gasteiger partial charge in [0.15, 0.2) is 0 Å². The van der Waals surface area contributed by atoms with Gasteiger partial charge in [-0.1, -0.05) is 62.4 Å². The second kappa shape index (κ2) is 6.25. The number of benzene rings is 2. The normalized spacial score (nSPS) is 17.7. The third kappa shape index (κ3) is 3.50. The summed E-state index contributed by atoms with van der Waals surface area (Å²) in [6.07, 6.45) is 1.19. The summed E-state index contributed by atoms with van der Waals surface area (Å²) in [6, 6.07) is 19.6. The molecule has 0 aliphatic carbocycles. The van der Waals surface area contributed by atoms with E-state index in [1.165, 1.54) is 22.4 Å². The average molecular weight is 297 g/mol. The molecule has 1 heterocycles. The van der Waals surface area contributed by atoms with Crippen LogP contribution in [0.25, 0.3) is 0 Å². The number of nitrogens with one attached hydrogen (secondary N) is 1.